The maximum atomic E-state index is 11.5. The molecule has 0 aliphatic heterocycles. The zero-order valence-corrected chi connectivity index (χ0v) is 11.7. The predicted octanol–water partition coefficient (Wildman–Crippen LogP) is 2.57. The molecule has 0 aliphatic carbocycles. The summed E-state index contributed by atoms with van der Waals surface area (Å²) in [5.74, 6) is -0.125. The van der Waals surface area contributed by atoms with Gasteiger partial charge in [-0.2, -0.15) is 5.10 Å². The Labute approximate surface area is 120 Å². The molecule has 2 aromatic heterocycles. The quantitative estimate of drug-likeness (QED) is 0.376. The third-order valence-corrected chi connectivity index (χ3v) is 2.90. The van der Waals surface area contributed by atoms with E-state index in [0.29, 0.717) is 16.5 Å². The lowest BCUT2D eigenvalue weighted by Crippen LogP contribution is -1.94. The van der Waals surface area contributed by atoms with Gasteiger partial charge in [0.25, 0.3) is 0 Å². The SMILES string of the molecule is Cc1nn(C)c(Cl)c1C=CC(=O)ON=Cc1ccco1. The molecule has 0 bridgehead atoms. The fourth-order valence-corrected chi connectivity index (χ4v) is 1.75. The van der Waals surface area contributed by atoms with Crippen LogP contribution in [0.1, 0.15) is 17.0 Å². The topological polar surface area (TPSA) is 69.6 Å². The van der Waals surface area contributed by atoms with Crippen molar-refractivity contribution in [3.63, 3.8) is 0 Å². The third kappa shape index (κ3) is 3.36. The molecule has 2 heterocycles. The summed E-state index contributed by atoms with van der Waals surface area (Å²) < 4.78 is 6.52. The number of carbonyl (C=O) groups excluding carboxylic acids is 1. The molecule has 0 atom stereocenters. The standard InChI is InChI=1S/C13H12ClN3O3/c1-9-11(13(14)17(2)16-9)5-6-12(18)20-15-8-10-4-3-7-19-10/h3-8H,1-2H3. The van der Waals surface area contributed by atoms with Crippen molar-refractivity contribution in [1.29, 1.82) is 0 Å². The molecule has 2 rings (SSSR count). The van der Waals surface area contributed by atoms with Gasteiger partial charge in [-0.1, -0.05) is 16.8 Å². The van der Waals surface area contributed by atoms with Crippen molar-refractivity contribution in [1.82, 2.24) is 9.78 Å². The Hall–Kier alpha value is -2.34. The molecule has 2 aromatic rings. The summed E-state index contributed by atoms with van der Waals surface area (Å²) in [6, 6.07) is 3.39. The van der Waals surface area contributed by atoms with Gasteiger partial charge in [-0.3, -0.25) is 4.68 Å². The first-order valence-electron chi connectivity index (χ1n) is 5.73. The van der Waals surface area contributed by atoms with Crippen molar-refractivity contribution < 1.29 is 14.0 Å². The van der Waals surface area contributed by atoms with Crippen molar-refractivity contribution in [2.45, 2.75) is 6.92 Å². The van der Waals surface area contributed by atoms with Crippen LogP contribution < -0.4 is 0 Å². The second kappa shape index (κ2) is 6.21. The Morgan fingerprint density at radius 3 is 3.00 bits per heavy atom. The normalized spacial score (nSPS) is 11.6. The number of rotatable bonds is 4. The molecule has 0 N–H and O–H groups in total. The van der Waals surface area contributed by atoms with Gasteiger partial charge in [0, 0.05) is 18.7 Å². The van der Waals surface area contributed by atoms with E-state index in [2.05, 4.69) is 15.1 Å². The lowest BCUT2D eigenvalue weighted by atomic mass is 10.2. The van der Waals surface area contributed by atoms with E-state index in [1.165, 1.54) is 29.3 Å². The Balaban J connectivity index is 1.96. The number of aromatic nitrogens is 2. The Morgan fingerprint density at radius 1 is 1.60 bits per heavy atom. The molecule has 0 fully saturated rings. The van der Waals surface area contributed by atoms with Crippen LogP contribution in [0.4, 0.5) is 0 Å². The van der Waals surface area contributed by atoms with Crippen LogP contribution in [0.2, 0.25) is 5.15 Å². The molecule has 0 aromatic carbocycles. The summed E-state index contributed by atoms with van der Waals surface area (Å²) in [5.41, 5.74) is 1.39. The maximum Gasteiger partial charge on any atom is 0.358 e. The smallest absolute Gasteiger partial charge is 0.358 e. The number of furan rings is 1. The average molecular weight is 294 g/mol. The molecule has 0 aliphatic rings. The van der Waals surface area contributed by atoms with E-state index in [9.17, 15) is 4.79 Å². The van der Waals surface area contributed by atoms with Gasteiger partial charge in [-0.25, -0.2) is 4.79 Å². The summed E-state index contributed by atoms with van der Waals surface area (Å²) in [5, 5.41) is 8.08. The van der Waals surface area contributed by atoms with Gasteiger partial charge < -0.3 is 9.25 Å². The zero-order valence-electron chi connectivity index (χ0n) is 10.9. The first kappa shape index (κ1) is 14.1. The van der Waals surface area contributed by atoms with Gasteiger partial charge in [0.2, 0.25) is 0 Å². The molecule has 6 nitrogen and oxygen atoms in total. The van der Waals surface area contributed by atoms with Crippen molar-refractivity contribution in [2.75, 3.05) is 0 Å². The predicted molar refractivity (Wildman–Crippen MR) is 74.4 cm³/mol. The number of carbonyl (C=O) groups is 1. The summed E-state index contributed by atoms with van der Waals surface area (Å²) in [6.45, 7) is 1.80. The van der Waals surface area contributed by atoms with Crippen LogP contribution in [0.25, 0.3) is 6.08 Å². The van der Waals surface area contributed by atoms with E-state index >= 15 is 0 Å². The van der Waals surface area contributed by atoms with Crippen LogP contribution in [-0.2, 0) is 16.7 Å². The second-order valence-corrected chi connectivity index (χ2v) is 4.27. The molecule has 20 heavy (non-hydrogen) atoms. The first-order valence-corrected chi connectivity index (χ1v) is 6.10. The molecule has 7 heteroatoms. The van der Waals surface area contributed by atoms with Crippen LogP contribution in [0.15, 0.2) is 34.0 Å². The highest BCUT2D eigenvalue weighted by molar-refractivity contribution is 6.31. The van der Waals surface area contributed by atoms with Crippen LogP contribution in [0, 0.1) is 6.92 Å². The molecule has 0 radical (unpaired) electrons. The van der Waals surface area contributed by atoms with Crippen molar-refractivity contribution >= 4 is 29.9 Å². The fourth-order valence-electron chi connectivity index (χ4n) is 1.51. The number of hydrogen-bond acceptors (Lipinski definition) is 5. The first-order chi connectivity index (χ1) is 9.58. The number of halogens is 1. The number of aryl methyl sites for hydroxylation is 2. The second-order valence-electron chi connectivity index (χ2n) is 3.91. The summed E-state index contributed by atoms with van der Waals surface area (Å²) in [6.07, 6.45) is 5.56. The minimum Gasteiger partial charge on any atom is -0.463 e. The van der Waals surface area contributed by atoms with Gasteiger partial charge in [0.1, 0.15) is 17.1 Å². The lowest BCUT2D eigenvalue weighted by molar-refractivity contribution is -0.137. The van der Waals surface area contributed by atoms with Crippen molar-refractivity contribution in [3.05, 3.63) is 46.6 Å². The Bertz CT molecular complexity index is 657. The molecular formula is C13H12ClN3O3. The molecule has 104 valence electrons. The van der Waals surface area contributed by atoms with E-state index in [1.807, 2.05) is 0 Å². The number of nitrogens with zero attached hydrogens (tertiary/aromatic N) is 3. The van der Waals surface area contributed by atoms with Crippen LogP contribution in [-0.4, -0.2) is 22.0 Å². The molecular weight excluding hydrogens is 282 g/mol. The molecule has 0 amide bonds. The number of hydrogen-bond donors (Lipinski definition) is 0. The Morgan fingerprint density at radius 2 is 2.40 bits per heavy atom. The highest BCUT2D eigenvalue weighted by atomic mass is 35.5. The van der Waals surface area contributed by atoms with E-state index in [0.717, 1.165) is 5.69 Å². The van der Waals surface area contributed by atoms with Gasteiger partial charge >= 0.3 is 5.97 Å². The third-order valence-electron chi connectivity index (χ3n) is 2.45. The zero-order chi connectivity index (χ0) is 14.5. The number of oxime groups is 1. The van der Waals surface area contributed by atoms with E-state index in [1.54, 1.807) is 26.1 Å². The highest BCUT2D eigenvalue weighted by Gasteiger charge is 2.08. The van der Waals surface area contributed by atoms with Gasteiger partial charge in [-0.05, 0) is 25.1 Å². The summed E-state index contributed by atoms with van der Waals surface area (Å²) >= 11 is 6.02. The van der Waals surface area contributed by atoms with Gasteiger partial charge in [0.15, 0.2) is 0 Å². The van der Waals surface area contributed by atoms with Crippen LogP contribution >= 0.6 is 11.6 Å². The van der Waals surface area contributed by atoms with E-state index < -0.39 is 5.97 Å². The fraction of sp³-hybridized carbons (Fsp3) is 0.154. The van der Waals surface area contributed by atoms with Crippen LogP contribution in [0.3, 0.4) is 0 Å². The Kier molecular flexibility index (Phi) is 4.37. The van der Waals surface area contributed by atoms with Gasteiger partial charge in [-0.15, -0.1) is 0 Å². The maximum absolute atomic E-state index is 11.5. The molecule has 0 saturated heterocycles. The van der Waals surface area contributed by atoms with E-state index in [-0.39, 0.29) is 0 Å². The molecule has 0 unspecified atom stereocenters. The monoisotopic (exact) mass is 293 g/mol. The minimum absolute atomic E-state index is 0.450. The largest absolute Gasteiger partial charge is 0.463 e. The lowest BCUT2D eigenvalue weighted by Gasteiger charge is -1.92. The van der Waals surface area contributed by atoms with Crippen molar-refractivity contribution in [3.8, 4) is 0 Å². The minimum atomic E-state index is -0.618. The summed E-state index contributed by atoms with van der Waals surface area (Å²) in [4.78, 5) is 16.1. The molecule has 0 saturated carbocycles. The average Bonchev–Trinajstić information content (AvgIpc) is 2.98. The van der Waals surface area contributed by atoms with Gasteiger partial charge in [0.05, 0.1) is 12.0 Å². The van der Waals surface area contributed by atoms with Crippen LogP contribution in [0.5, 0.6) is 0 Å². The van der Waals surface area contributed by atoms with Crippen molar-refractivity contribution in [2.24, 2.45) is 12.2 Å². The van der Waals surface area contributed by atoms with E-state index in [4.69, 9.17) is 16.0 Å². The summed E-state index contributed by atoms with van der Waals surface area (Å²) in [7, 11) is 1.72. The molecule has 0 spiro atoms. The highest BCUT2D eigenvalue weighted by Crippen LogP contribution is 2.19.